The van der Waals surface area contributed by atoms with E-state index in [2.05, 4.69) is 10.3 Å². The molecule has 0 aliphatic heterocycles. The Bertz CT molecular complexity index is 791. The van der Waals surface area contributed by atoms with Crippen LogP contribution in [-0.2, 0) is 11.3 Å². The Balaban J connectivity index is 2.15. The lowest BCUT2D eigenvalue weighted by Crippen LogP contribution is -2.41. The Morgan fingerprint density at radius 3 is 2.88 bits per heavy atom. The fraction of sp³-hybridized carbons (Fsp3) is 0.474. The van der Waals surface area contributed by atoms with E-state index in [-0.39, 0.29) is 12.2 Å². The van der Waals surface area contributed by atoms with Crippen molar-refractivity contribution in [2.75, 3.05) is 33.4 Å². The standard InChI is InChI=1S/C19H27N3O3S/c1-14-5-6-15-12-16(18(24)21-17(15)11-14)13-22(8-4-9-23)19(26)20-7-3-10-25-2/h5-6,11-12,23H,3-4,7-10,13H2,1-2H3,(H,20,26)(H,21,24). The molecule has 3 N–H and O–H groups in total. The summed E-state index contributed by atoms with van der Waals surface area (Å²) in [6.45, 7) is 4.42. The Kier molecular flexibility index (Phi) is 8.03. The van der Waals surface area contributed by atoms with Gasteiger partial charge >= 0.3 is 0 Å². The summed E-state index contributed by atoms with van der Waals surface area (Å²) in [7, 11) is 1.67. The minimum atomic E-state index is -0.112. The molecule has 1 heterocycles. The number of hydrogen-bond acceptors (Lipinski definition) is 4. The molecule has 1 aromatic carbocycles. The zero-order valence-electron chi connectivity index (χ0n) is 15.4. The van der Waals surface area contributed by atoms with Crippen LogP contribution < -0.4 is 10.9 Å². The zero-order chi connectivity index (χ0) is 18.9. The number of pyridine rings is 1. The van der Waals surface area contributed by atoms with Gasteiger partial charge in [-0.15, -0.1) is 0 Å². The zero-order valence-corrected chi connectivity index (χ0v) is 16.2. The molecule has 0 radical (unpaired) electrons. The SMILES string of the molecule is COCCCNC(=S)N(CCCO)Cc1cc2ccc(C)cc2[nH]c1=O. The number of aryl methyl sites for hydroxylation is 1. The average molecular weight is 378 g/mol. The summed E-state index contributed by atoms with van der Waals surface area (Å²) >= 11 is 5.47. The third kappa shape index (κ3) is 5.79. The van der Waals surface area contributed by atoms with E-state index in [1.807, 2.05) is 36.1 Å². The second kappa shape index (κ2) is 10.3. The van der Waals surface area contributed by atoms with Crippen LogP contribution in [0.5, 0.6) is 0 Å². The number of nitrogens with one attached hydrogen (secondary N) is 2. The molecular formula is C19H27N3O3S. The molecular weight excluding hydrogens is 350 g/mol. The van der Waals surface area contributed by atoms with Gasteiger partial charge in [0.1, 0.15) is 0 Å². The van der Waals surface area contributed by atoms with Crippen LogP contribution in [0.25, 0.3) is 10.9 Å². The highest BCUT2D eigenvalue weighted by Crippen LogP contribution is 2.14. The number of nitrogens with zero attached hydrogens (tertiary/aromatic N) is 1. The average Bonchev–Trinajstić information content (AvgIpc) is 2.62. The van der Waals surface area contributed by atoms with Crippen LogP contribution >= 0.6 is 12.2 Å². The van der Waals surface area contributed by atoms with Gasteiger partial charge in [0.25, 0.3) is 5.56 Å². The summed E-state index contributed by atoms with van der Waals surface area (Å²) in [6, 6.07) is 7.90. The van der Waals surface area contributed by atoms with Crippen molar-refractivity contribution in [1.82, 2.24) is 15.2 Å². The number of aliphatic hydroxyl groups is 1. The molecule has 0 unspecified atom stereocenters. The van der Waals surface area contributed by atoms with Crippen molar-refractivity contribution in [3.05, 3.63) is 45.7 Å². The smallest absolute Gasteiger partial charge is 0.253 e. The minimum absolute atomic E-state index is 0.0795. The lowest BCUT2D eigenvalue weighted by molar-refractivity contribution is 0.195. The van der Waals surface area contributed by atoms with Crippen LogP contribution in [-0.4, -0.2) is 53.5 Å². The van der Waals surface area contributed by atoms with Crippen molar-refractivity contribution >= 4 is 28.2 Å². The predicted molar refractivity (Wildman–Crippen MR) is 109 cm³/mol. The van der Waals surface area contributed by atoms with Crippen LogP contribution in [0.3, 0.4) is 0 Å². The lowest BCUT2D eigenvalue weighted by Gasteiger charge is -2.25. The number of hydrogen-bond donors (Lipinski definition) is 3. The molecule has 2 aromatic rings. The molecule has 0 aliphatic rings. The van der Waals surface area contributed by atoms with Crippen molar-refractivity contribution < 1.29 is 9.84 Å². The number of aromatic nitrogens is 1. The molecule has 6 nitrogen and oxygen atoms in total. The van der Waals surface area contributed by atoms with E-state index in [0.29, 0.717) is 43.3 Å². The first-order valence-corrected chi connectivity index (χ1v) is 9.21. The Morgan fingerprint density at radius 1 is 1.35 bits per heavy atom. The van der Waals surface area contributed by atoms with E-state index in [1.165, 1.54) is 0 Å². The van der Waals surface area contributed by atoms with Crippen molar-refractivity contribution in [1.29, 1.82) is 0 Å². The van der Waals surface area contributed by atoms with E-state index < -0.39 is 0 Å². The van der Waals surface area contributed by atoms with E-state index in [4.69, 9.17) is 22.1 Å². The second-order valence-corrected chi connectivity index (χ2v) is 6.68. The summed E-state index contributed by atoms with van der Waals surface area (Å²) in [6.07, 6.45) is 1.44. The molecule has 0 aliphatic carbocycles. The maximum atomic E-state index is 12.5. The highest BCUT2D eigenvalue weighted by Gasteiger charge is 2.13. The van der Waals surface area contributed by atoms with Gasteiger partial charge in [-0.3, -0.25) is 4.79 Å². The van der Waals surface area contributed by atoms with E-state index in [0.717, 1.165) is 22.9 Å². The number of thiocarbonyl (C=S) groups is 1. The van der Waals surface area contributed by atoms with Gasteiger partial charge in [0.2, 0.25) is 0 Å². The van der Waals surface area contributed by atoms with Crippen molar-refractivity contribution in [2.24, 2.45) is 0 Å². The molecule has 0 amide bonds. The van der Waals surface area contributed by atoms with Gasteiger partial charge in [-0.2, -0.15) is 0 Å². The number of aliphatic hydroxyl groups excluding tert-OH is 1. The third-order valence-electron chi connectivity index (χ3n) is 4.11. The molecule has 0 spiro atoms. The third-order valence-corrected chi connectivity index (χ3v) is 4.52. The van der Waals surface area contributed by atoms with Gasteiger partial charge in [-0.05, 0) is 55.1 Å². The quantitative estimate of drug-likeness (QED) is 0.458. The van der Waals surface area contributed by atoms with E-state index >= 15 is 0 Å². The molecule has 0 atom stereocenters. The number of methoxy groups -OCH3 is 1. The summed E-state index contributed by atoms with van der Waals surface area (Å²) in [4.78, 5) is 17.3. The molecule has 7 heteroatoms. The molecule has 1 aromatic heterocycles. The summed E-state index contributed by atoms with van der Waals surface area (Å²) in [5.41, 5.74) is 2.48. The number of aromatic amines is 1. The molecule has 0 saturated carbocycles. The minimum Gasteiger partial charge on any atom is -0.396 e. The first kappa shape index (κ1) is 20.4. The van der Waals surface area contributed by atoms with Crippen molar-refractivity contribution in [3.63, 3.8) is 0 Å². The van der Waals surface area contributed by atoms with Crippen molar-refractivity contribution in [3.8, 4) is 0 Å². The van der Waals surface area contributed by atoms with E-state index in [1.54, 1.807) is 7.11 Å². The van der Waals surface area contributed by atoms with E-state index in [9.17, 15) is 4.79 Å². The Labute approximate surface area is 159 Å². The number of rotatable bonds is 9. The lowest BCUT2D eigenvalue weighted by atomic mass is 10.1. The molecule has 0 saturated heterocycles. The predicted octanol–water partition coefficient (Wildman–Crippen LogP) is 1.93. The van der Waals surface area contributed by atoms with Gasteiger partial charge in [-0.25, -0.2) is 0 Å². The first-order chi connectivity index (χ1) is 12.5. The van der Waals surface area contributed by atoms with Crippen LogP contribution in [0.15, 0.2) is 29.1 Å². The Hall–Kier alpha value is -1.96. The van der Waals surface area contributed by atoms with Crippen LogP contribution in [0.1, 0.15) is 24.0 Å². The molecule has 0 bridgehead atoms. The fourth-order valence-corrected chi connectivity index (χ4v) is 2.98. The summed E-state index contributed by atoms with van der Waals surface area (Å²) in [5, 5.41) is 13.9. The summed E-state index contributed by atoms with van der Waals surface area (Å²) in [5.74, 6) is 0. The first-order valence-electron chi connectivity index (χ1n) is 8.80. The normalized spacial score (nSPS) is 10.9. The van der Waals surface area contributed by atoms with Crippen LogP contribution in [0.4, 0.5) is 0 Å². The number of H-pyrrole nitrogens is 1. The summed E-state index contributed by atoms with van der Waals surface area (Å²) < 4.78 is 5.03. The van der Waals surface area contributed by atoms with Gasteiger partial charge in [0.05, 0.1) is 6.54 Å². The number of benzene rings is 1. The highest BCUT2D eigenvalue weighted by molar-refractivity contribution is 7.80. The largest absolute Gasteiger partial charge is 0.396 e. The van der Waals surface area contributed by atoms with Crippen LogP contribution in [0, 0.1) is 6.92 Å². The van der Waals surface area contributed by atoms with Crippen molar-refractivity contribution in [2.45, 2.75) is 26.3 Å². The van der Waals surface area contributed by atoms with Gasteiger partial charge < -0.3 is 25.0 Å². The topological polar surface area (TPSA) is 77.6 Å². The fourth-order valence-electron chi connectivity index (χ4n) is 2.72. The maximum absolute atomic E-state index is 12.5. The number of fused-ring (bicyclic) bond motifs is 1. The Morgan fingerprint density at radius 2 is 2.15 bits per heavy atom. The molecule has 26 heavy (non-hydrogen) atoms. The second-order valence-electron chi connectivity index (χ2n) is 6.29. The molecule has 0 fully saturated rings. The molecule has 142 valence electrons. The molecule has 2 rings (SSSR count). The monoisotopic (exact) mass is 377 g/mol. The number of ether oxygens (including phenoxy) is 1. The maximum Gasteiger partial charge on any atom is 0.253 e. The van der Waals surface area contributed by atoms with Gasteiger partial charge in [0.15, 0.2) is 5.11 Å². The highest BCUT2D eigenvalue weighted by atomic mass is 32.1. The van der Waals surface area contributed by atoms with Gasteiger partial charge in [0, 0.05) is 44.5 Å². The van der Waals surface area contributed by atoms with Crippen LogP contribution in [0.2, 0.25) is 0 Å². The van der Waals surface area contributed by atoms with Gasteiger partial charge in [-0.1, -0.05) is 12.1 Å².